The quantitative estimate of drug-likeness (QED) is 0.141. The molecule has 0 bridgehead atoms. The Bertz CT molecular complexity index is 2400. The Balaban J connectivity index is 1.22. The number of nitrogens with zero attached hydrogens (tertiary/aromatic N) is 4. The van der Waals surface area contributed by atoms with Crippen LogP contribution in [0.1, 0.15) is 28.3 Å². The van der Waals surface area contributed by atoms with Crippen molar-refractivity contribution in [2.24, 2.45) is 9.98 Å². The first kappa shape index (κ1) is 33.2. The summed E-state index contributed by atoms with van der Waals surface area (Å²) in [6.45, 7) is 0.614. The van der Waals surface area contributed by atoms with Gasteiger partial charge in [0.05, 0.1) is 18.3 Å². The normalized spacial score (nSPS) is 13.8. The van der Waals surface area contributed by atoms with Crippen molar-refractivity contribution in [3.63, 3.8) is 0 Å². The lowest BCUT2D eigenvalue weighted by Gasteiger charge is -2.28. The van der Waals surface area contributed by atoms with E-state index in [-0.39, 0.29) is 6.04 Å². The third-order valence-corrected chi connectivity index (χ3v) is 9.36. The Morgan fingerprint density at radius 1 is 0.604 bits per heavy atom. The second kappa shape index (κ2) is 15.5. The summed E-state index contributed by atoms with van der Waals surface area (Å²) >= 11 is 0. The molecule has 6 aromatic carbocycles. The minimum absolute atomic E-state index is 0.0661. The molecule has 6 heteroatoms. The molecule has 6 nitrogen and oxygen atoms in total. The van der Waals surface area contributed by atoms with Crippen LogP contribution in [0, 0.1) is 0 Å². The topological polar surface area (TPSA) is 74.6 Å². The van der Waals surface area contributed by atoms with E-state index in [9.17, 15) is 0 Å². The molecule has 1 aliphatic heterocycles. The lowest BCUT2D eigenvalue weighted by atomic mass is 9.91. The molecule has 1 aliphatic rings. The van der Waals surface area contributed by atoms with Crippen LogP contribution < -0.4 is 10.6 Å². The number of hydrogen-bond acceptors (Lipinski definition) is 6. The van der Waals surface area contributed by atoms with Gasteiger partial charge in [0.1, 0.15) is 5.84 Å². The van der Waals surface area contributed by atoms with Crippen LogP contribution in [0.15, 0.2) is 186 Å². The van der Waals surface area contributed by atoms with Crippen molar-refractivity contribution in [1.82, 2.24) is 20.6 Å². The molecule has 0 saturated heterocycles. The summed E-state index contributed by atoms with van der Waals surface area (Å²) in [4.78, 5) is 18.8. The monoisotopic (exact) mass is 686 g/mol. The molecule has 1 atom stereocenters. The highest BCUT2D eigenvalue weighted by Crippen LogP contribution is 2.39. The zero-order valence-electron chi connectivity index (χ0n) is 29.4. The van der Waals surface area contributed by atoms with Crippen LogP contribution >= 0.6 is 0 Å². The summed E-state index contributed by atoms with van der Waals surface area (Å²) in [6.07, 6.45) is 9.11. The first-order chi connectivity index (χ1) is 26.2. The molecule has 2 N–H and O–H groups in total. The van der Waals surface area contributed by atoms with E-state index in [1.165, 1.54) is 11.1 Å². The van der Waals surface area contributed by atoms with Crippen LogP contribution in [-0.2, 0) is 6.54 Å². The van der Waals surface area contributed by atoms with E-state index in [1.54, 1.807) is 12.4 Å². The van der Waals surface area contributed by atoms with Crippen molar-refractivity contribution >= 4 is 17.7 Å². The van der Waals surface area contributed by atoms with E-state index in [2.05, 4.69) is 165 Å². The largest absolute Gasteiger partial charge is 0.394 e. The summed E-state index contributed by atoms with van der Waals surface area (Å²) in [7, 11) is 1.87. The number of rotatable bonds is 10. The van der Waals surface area contributed by atoms with E-state index in [4.69, 9.17) is 4.99 Å². The number of amidine groups is 1. The van der Waals surface area contributed by atoms with Crippen molar-refractivity contribution < 1.29 is 0 Å². The fraction of sp³-hybridized carbons (Fsp3) is 0.0638. The maximum atomic E-state index is 5.33. The smallest absolute Gasteiger partial charge is 0.159 e. The Labute approximate surface area is 310 Å². The van der Waals surface area contributed by atoms with Gasteiger partial charge in [0.15, 0.2) is 5.82 Å². The van der Waals surface area contributed by atoms with Crippen LogP contribution in [0.25, 0.3) is 44.8 Å². The highest BCUT2D eigenvalue weighted by atomic mass is 15.1. The number of aliphatic imine (C=N–C) groups is 2. The van der Waals surface area contributed by atoms with E-state index < -0.39 is 0 Å². The predicted molar refractivity (Wildman–Crippen MR) is 218 cm³/mol. The lowest BCUT2D eigenvalue weighted by molar-refractivity contribution is 0.749. The predicted octanol–water partition coefficient (Wildman–Crippen LogP) is 10.2. The number of aromatic nitrogens is 2. The summed E-state index contributed by atoms with van der Waals surface area (Å²) in [5, 5.41) is 6.82. The molecule has 53 heavy (non-hydrogen) atoms. The Morgan fingerprint density at radius 3 is 1.91 bits per heavy atom. The van der Waals surface area contributed by atoms with Gasteiger partial charge in [-0.05, 0) is 87.1 Å². The maximum absolute atomic E-state index is 5.33. The average molecular weight is 687 g/mol. The third kappa shape index (κ3) is 7.58. The van der Waals surface area contributed by atoms with Crippen LogP contribution in [0.3, 0.4) is 0 Å². The summed E-state index contributed by atoms with van der Waals surface area (Å²) in [6, 6.07) is 53.3. The van der Waals surface area contributed by atoms with Gasteiger partial charge in [0.25, 0.3) is 0 Å². The maximum Gasteiger partial charge on any atom is 0.159 e. The molecule has 0 radical (unpaired) electrons. The van der Waals surface area contributed by atoms with Crippen LogP contribution in [0.2, 0.25) is 0 Å². The molecule has 0 aliphatic carbocycles. The van der Waals surface area contributed by atoms with Gasteiger partial charge in [0.2, 0.25) is 0 Å². The van der Waals surface area contributed by atoms with E-state index in [0.717, 1.165) is 61.6 Å². The number of benzene rings is 6. The fourth-order valence-electron chi connectivity index (χ4n) is 6.64. The van der Waals surface area contributed by atoms with Gasteiger partial charge in [-0.15, -0.1) is 0 Å². The molecule has 0 amide bonds. The standard InChI is InChI=1S/C47H38N6/c1-48-24-8-25-49-32-33-14-16-35(17-15-33)40-28-41(36-18-20-38(21-19-36)46-50-26-9-27-51-46)30-42(29-40)47-52-44-31-39(34-10-4-2-5-11-34)22-23-43(44)45(53-47)37-12-6-3-7-13-37/h2-31,45,48H,32H2,1H3,(H,52,53)/b24-8-,49-25-. The number of hydrogen-bond donors (Lipinski definition) is 2. The SMILES string of the molecule is CN/C=C\C=N/Cc1ccc(-c2cc(C3=Nc4cc(-c5ccccc5)ccc4C(c4ccccc4)N3)cc(-c3ccc(-c4ncccn4)cc3)c2)cc1. The third-order valence-electron chi connectivity index (χ3n) is 9.36. The molecular weight excluding hydrogens is 649 g/mol. The van der Waals surface area contributed by atoms with Crippen molar-refractivity contribution in [3.8, 4) is 44.8 Å². The van der Waals surface area contributed by atoms with Crippen LogP contribution in [0.4, 0.5) is 5.69 Å². The molecule has 8 rings (SSSR count). The fourth-order valence-corrected chi connectivity index (χ4v) is 6.64. The van der Waals surface area contributed by atoms with E-state index in [0.29, 0.717) is 12.4 Å². The van der Waals surface area contributed by atoms with Gasteiger partial charge in [-0.1, -0.05) is 121 Å². The lowest BCUT2D eigenvalue weighted by Crippen LogP contribution is -2.32. The van der Waals surface area contributed by atoms with E-state index in [1.807, 2.05) is 37.7 Å². The zero-order valence-corrected chi connectivity index (χ0v) is 29.4. The van der Waals surface area contributed by atoms with Gasteiger partial charge < -0.3 is 10.6 Å². The average Bonchev–Trinajstić information content (AvgIpc) is 3.24. The van der Waals surface area contributed by atoms with Crippen LogP contribution in [-0.4, -0.2) is 29.1 Å². The first-order valence-electron chi connectivity index (χ1n) is 17.8. The number of fused-ring (bicyclic) bond motifs is 1. The summed E-state index contributed by atoms with van der Waals surface area (Å²) < 4.78 is 0. The molecule has 7 aromatic rings. The number of allylic oxidation sites excluding steroid dienone is 1. The minimum atomic E-state index is -0.0661. The molecule has 256 valence electrons. The van der Waals surface area contributed by atoms with E-state index >= 15 is 0 Å². The molecule has 0 saturated carbocycles. The Hall–Kier alpha value is -6.92. The van der Waals surface area contributed by atoms with Gasteiger partial charge in [-0.2, -0.15) is 0 Å². The van der Waals surface area contributed by atoms with Gasteiger partial charge in [0, 0.05) is 42.3 Å². The van der Waals surface area contributed by atoms with Crippen molar-refractivity contribution in [2.75, 3.05) is 7.05 Å². The molecular formula is C47H38N6. The van der Waals surface area contributed by atoms with Crippen molar-refractivity contribution in [1.29, 1.82) is 0 Å². The highest BCUT2D eigenvalue weighted by molar-refractivity contribution is 6.04. The second-order valence-electron chi connectivity index (χ2n) is 12.9. The summed E-state index contributed by atoms with van der Waals surface area (Å²) in [5.74, 6) is 1.53. The Morgan fingerprint density at radius 2 is 1.21 bits per heavy atom. The molecule has 1 aromatic heterocycles. The minimum Gasteiger partial charge on any atom is -0.394 e. The zero-order chi connectivity index (χ0) is 35.8. The van der Waals surface area contributed by atoms with Crippen molar-refractivity contribution in [3.05, 3.63) is 199 Å². The second-order valence-corrected chi connectivity index (χ2v) is 12.9. The van der Waals surface area contributed by atoms with Crippen molar-refractivity contribution in [2.45, 2.75) is 12.6 Å². The van der Waals surface area contributed by atoms with Gasteiger partial charge in [-0.25, -0.2) is 15.0 Å². The Kier molecular flexibility index (Phi) is 9.74. The molecule has 2 heterocycles. The first-order valence-corrected chi connectivity index (χ1v) is 17.8. The van der Waals surface area contributed by atoms with Gasteiger partial charge in [-0.3, -0.25) is 4.99 Å². The number of nitrogens with one attached hydrogen (secondary N) is 2. The summed E-state index contributed by atoms with van der Waals surface area (Å²) in [5.41, 5.74) is 13.1. The van der Waals surface area contributed by atoms with Crippen LogP contribution in [0.5, 0.6) is 0 Å². The molecule has 1 unspecified atom stereocenters. The van der Waals surface area contributed by atoms with Gasteiger partial charge >= 0.3 is 0 Å². The molecule has 0 spiro atoms. The highest BCUT2D eigenvalue weighted by Gasteiger charge is 2.25. The molecule has 0 fully saturated rings.